The van der Waals surface area contributed by atoms with Gasteiger partial charge in [-0.2, -0.15) is 4.98 Å². The fourth-order valence-electron chi connectivity index (χ4n) is 4.85. The van der Waals surface area contributed by atoms with E-state index in [1.54, 1.807) is 4.68 Å². The molecule has 12 heteroatoms. The van der Waals surface area contributed by atoms with Gasteiger partial charge < -0.3 is 24.8 Å². The highest BCUT2D eigenvalue weighted by atomic mass is 79.9. The molecule has 1 unspecified atom stereocenters. The van der Waals surface area contributed by atoms with Crippen molar-refractivity contribution in [3.05, 3.63) is 92.0 Å². The fourth-order valence-corrected chi connectivity index (χ4v) is 6.24. The van der Waals surface area contributed by atoms with Crippen LogP contribution in [-0.4, -0.2) is 39.6 Å². The number of rotatable bonds is 12. The van der Waals surface area contributed by atoms with Crippen LogP contribution in [0.15, 0.2) is 86.0 Å². The summed E-state index contributed by atoms with van der Waals surface area (Å²) < 4.78 is 21.6. The Balaban J connectivity index is 1.56. The van der Waals surface area contributed by atoms with Crippen molar-refractivity contribution in [2.24, 2.45) is 0 Å². The number of amides is 1. The summed E-state index contributed by atoms with van der Waals surface area (Å²) in [4.78, 5) is 18.8. The zero-order chi connectivity index (χ0) is 31.2. The first kappa shape index (κ1) is 31.9. The van der Waals surface area contributed by atoms with Crippen molar-refractivity contribution in [3.63, 3.8) is 0 Å². The lowest BCUT2D eigenvalue weighted by Gasteiger charge is -2.29. The molecule has 0 spiro atoms. The van der Waals surface area contributed by atoms with Crippen molar-refractivity contribution in [2.75, 3.05) is 29.6 Å². The third kappa shape index (κ3) is 7.08. The number of aromatic nitrogens is 3. The number of nitrogens with one attached hydrogen (secondary N) is 2. The zero-order valence-electron chi connectivity index (χ0n) is 24.8. The normalized spacial score (nSPS) is 14.1. The number of carbonyl (C=O) groups excluding carboxylic acids is 1. The fraction of sp³-hybridized carbons (Fsp3) is 0.281. The summed E-state index contributed by atoms with van der Waals surface area (Å²) in [5.74, 6) is 2.80. The second-order valence-electron chi connectivity index (χ2n) is 9.72. The molecule has 0 fully saturated rings. The van der Waals surface area contributed by atoms with Gasteiger partial charge in [-0.3, -0.25) is 4.79 Å². The Morgan fingerprint density at radius 1 is 1.00 bits per heavy atom. The summed E-state index contributed by atoms with van der Waals surface area (Å²) in [6, 6.07) is 18.6. The zero-order valence-corrected chi connectivity index (χ0v) is 28.8. The van der Waals surface area contributed by atoms with Crippen molar-refractivity contribution < 1.29 is 19.0 Å². The average Bonchev–Trinajstić information content (AvgIpc) is 3.40. The number of thioether (sulfide) groups is 1. The van der Waals surface area contributed by atoms with E-state index in [-0.39, 0.29) is 5.91 Å². The Hall–Kier alpha value is -3.48. The van der Waals surface area contributed by atoms with E-state index in [0.29, 0.717) is 69.6 Å². The summed E-state index contributed by atoms with van der Waals surface area (Å²) in [6.07, 6.45) is 0. The van der Waals surface area contributed by atoms with Crippen LogP contribution in [0.1, 0.15) is 44.9 Å². The number of para-hydroxylation sites is 2. The number of halogens is 2. The van der Waals surface area contributed by atoms with E-state index in [2.05, 4.69) is 42.5 Å². The molecule has 2 N–H and O–H groups in total. The first-order chi connectivity index (χ1) is 21.3. The minimum Gasteiger partial charge on any atom is -0.492 e. The highest BCUT2D eigenvalue weighted by Crippen LogP contribution is 2.44. The van der Waals surface area contributed by atoms with Crippen LogP contribution in [0, 0.1) is 0 Å². The third-order valence-electron chi connectivity index (χ3n) is 6.73. The van der Waals surface area contributed by atoms with Crippen LogP contribution in [-0.2, 0) is 11.4 Å². The first-order valence-electron chi connectivity index (χ1n) is 14.3. The molecule has 5 rings (SSSR count). The average molecular weight is 744 g/mol. The molecule has 1 amide bonds. The van der Waals surface area contributed by atoms with E-state index in [1.165, 1.54) is 11.8 Å². The van der Waals surface area contributed by atoms with Crippen LogP contribution < -0.4 is 24.8 Å². The van der Waals surface area contributed by atoms with Gasteiger partial charge in [-0.15, -0.1) is 5.10 Å². The van der Waals surface area contributed by atoms with Gasteiger partial charge >= 0.3 is 0 Å². The summed E-state index contributed by atoms with van der Waals surface area (Å²) in [5, 5.41) is 11.8. The predicted molar refractivity (Wildman–Crippen MR) is 181 cm³/mol. The Morgan fingerprint density at radius 2 is 1.73 bits per heavy atom. The Labute approximate surface area is 278 Å². The Morgan fingerprint density at radius 3 is 2.45 bits per heavy atom. The van der Waals surface area contributed by atoms with Crippen molar-refractivity contribution in [3.8, 4) is 17.2 Å². The lowest BCUT2D eigenvalue weighted by Crippen LogP contribution is -2.31. The molecular weight excluding hydrogens is 710 g/mol. The van der Waals surface area contributed by atoms with Gasteiger partial charge in [0, 0.05) is 10.2 Å². The largest absolute Gasteiger partial charge is 0.492 e. The molecule has 0 aliphatic carbocycles. The van der Waals surface area contributed by atoms with E-state index in [0.717, 1.165) is 21.4 Å². The van der Waals surface area contributed by atoms with Crippen LogP contribution in [0.3, 0.4) is 0 Å². The second-order valence-corrected chi connectivity index (χ2v) is 12.7. The molecule has 230 valence electrons. The van der Waals surface area contributed by atoms with Gasteiger partial charge in [0.1, 0.15) is 18.4 Å². The van der Waals surface area contributed by atoms with Gasteiger partial charge in [-0.1, -0.05) is 58.9 Å². The number of ether oxygens (including phenoxy) is 3. The molecule has 0 saturated carbocycles. The molecule has 4 aromatic rings. The van der Waals surface area contributed by atoms with E-state index >= 15 is 0 Å². The van der Waals surface area contributed by atoms with Gasteiger partial charge in [0.25, 0.3) is 5.91 Å². The quantitative estimate of drug-likeness (QED) is 0.140. The second kappa shape index (κ2) is 14.5. The number of carbonyl (C=O) groups is 1. The number of allylic oxidation sites excluding steroid dienone is 1. The predicted octanol–water partition coefficient (Wildman–Crippen LogP) is 8.22. The monoisotopic (exact) mass is 741 g/mol. The van der Waals surface area contributed by atoms with Gasteiger partial charge in [0.15, 0.2) is 11.5 Å². The number of hydrogen-bond acceptors (Lipinski definition) is 8. The minimum absolute atomic E-state index is 0.289. The van der Waals surface area contributed by atoms with E-state index < -0.39 is 6.04 Å². The van der Waals surface area contributed by atoms with Crippen LogP contribution in [0.5, 0.6) is 17.2 Å². The van der Waals surface area contributed by atoms with Crippen LogP contribution >= 0.6 is 43.6 Å². The molecule has 2 heterocycles. The number of anilines is 2. The molecule has 3 aromatic carbocycles. The van der Waals surface area contributed by atoms with Gasteiger partial charge in [0.05, 0.1) is 28.9 Å². The summed E-state index contributed by atoms with van der Waals surface area (Å²) in [6.45, 7) is 9.01. The van der Waals surface area contributed by atoms with E-state index in [4.69, 9.17) is 24.3 Å². The molecule has 9 nitrogen and oxygen atoms in total. The standard InChI is InChI=1S/C32H33Br2N5O4S/c1-5-41-25-11-9-8-10-24(25)36-30(40)27-19(4)35-31-37-32(44-7-3)38-39(31)28(27)21-16-23(34)29(26(17-21)42-6-2)43-18-20-12-14-22(33)15-13-20/h8-17,28H,5-7,18H2,1-4H3,(H,36,40)(H,35,37,38). The molecule has 44 heavy (non-hydrogen) atoms. The molecule has 1 aliphatic heterocycles. The number of benzene rings is 3. The smallest absolute Gasteiger partial charge is 0.255 e. The van der Waals surface area contributed by atoms with Crippen molar-refractivity contribution in [1.29, 1.82) is 0 Å². The molecule has 1 aliphatic rings. The summed E-state index contributed by atoms with van der Waals surface area (Å²) >= 11 is 8.74. The number of hydrogen-bond donors (Lipinski definition) is 2. The SMILES string of the molecule is CCOc1ccccc1NC(=O)C1=C(C)Nc2nc(SCC)nn2C1c1cc(Br)c(OCc2ccc(Br)cc2)c(OCC)c1. The Bertz CT molecular complexity index is 1680. The highest BCUT2D eigenvalue weighted by molar-refractivity contribution is 9.10. The maximum absolute atomic E-state index is 14.1. The van der Waals surface area contributed by atoms with E-state index in [1.807, 2.05) is 88.4 Å². The molecule has 1 aromatic heterocycles. The van der Waals surface area contributed by atoms with Crippen molar-refractivity contribution >= 4 is 61.2 Å². The Kier molecular flexibility index (Phi) is 10.5. The lowest BCUT2D eigenvalue weighted by molar-refractivity contribution is -0.113. The molecule has 1 atom stereocenters. The van der Waals surface area contributed by atoms with Crippen LogP contribution in [0.2, 0.25) is 0 Å². The summed E-state index contributed by atoms with van der Waals surface area (Å²) in [7, 11) is 0. The van der Waals surface area contributed by atoms with E-state index in [9.17, 15) is 4.79 Å². The topological polar surface area (TPSA) is 99.5 Å². The lowest BCUT2D eigenvalue weighted by atomic mass is 9.94. The van der Waals surface area contributed by atoms with Gasteiger partial charge in [0.2, 0.25) is 11.1 Å². The van der Waals surface area contributed by atoms with Crippen molar-refractivity contribution in [1.82, 2.24) is 14.8 Å². The summed E-state index contributed by atoms with van der Waals surface area (Å²) in [5.41, 5.74) is 3.53. The maximum Gasteiger partial charge on any atom is 0.255 e. The van der Waals surface area contributed by atoms with Gasteiger partial charge in [-0.25, -0.2) is 4.68 Å². The molecule has 0 saturated heterocycles. The molecule has 0 bridgehead atoms. The first-order valence-corrected chi connectivity index (χ1v) is 16.8. The van der Waals surface area contributed by atoms with Crippen molar-refractivity contribution in [2.45, 2.75) is 45.5 Å². The number of fused-ring (bicyclic) bond motifs is 1. The minimum atomic E-state index is -0.611. The maximum atomic E-state index is 14.1. The molecule has 0 radical (unpaired) electrons. The third-order valence-corrected chi connectivity index (χ3v) is 8.57. The van der Waals surface area contributed by atoms with Crippen LogP contribution in [0.25, 0.3) is 0 Å². The van der Waals surface area contributed by atoms with Gasteiger partial charge in [-0.05, 0) is 90.0 Å². The molecular formula is C32H33Br2N5O4S. The van der Waals surface area contributed by atoms with Crippen LogP contribution in [0.4, 0.5) is 11.6 Å². The number of nitrogens with zero attached hydrogens (tertiary/aromatic N) is 3. The highest BCUT2D eigenvalue weighted by Gasteiger charge is 2.35.